The van der Waals surface area contributed by atoms with E-state index in [1.807, 2.05) is 42.5 Å². The largest absolute Gasteiger partial charge is 0.495 e. The van der Waals surface area contributed by atoms with Gasteiger partial charge in [0, 0.05) is 16.5 Å². The lowest BCUT2D eigenvalue weighted by Gasteiger charge is -2.30. The molecule has 11 heteroatoms. The lowest BCUT2D eigenvalue weighted by Crippen LogP contribution is -2.27. The van der Waals surface area contributed by atoms with Gasteiger partial charge in [0.15, 0.2) is 0 Å². The highest BCUT2D eigenvalue weighted by atomic mass is 32.2. The van der Waals surface area contributed by atoms with Gasteiger partial charge in [-0.25, -0.2) is 14.2 Å². The fourth-order valence-electron chi connectivity index (χ4n) is 4.83. The minimum atomic E-state index is -4.10. The molecule has 1 aliphatic rings. The molecule has 39 heavy (non-hydrogen) atoms. The fourth-order valence-corrected chi connectivity index (χ4v) is 6.47. The number of anilines is 1. The molecule has 5 nitrogen and oxygen atoms in total. The summed E-state index contributed by atoms with van der Waals surface area (Å²) in [6.07, 6.45) is -2.66. The molecule has 0 spiro atoms. The Hall–Kier alpha value is -3.31. The van der Waals surface area contributed by atoms with Crippen LogP contribution >= 0.6 is 23.3 Å². The molecule has 1 heterocycles. The van der Waals surface area contributed by atoms with Crippen LogP contribution in [0.5, 0.6) is 5.75 Å². The van der Waals surface area contributed by atoms with Crippen LogP contribution in [0.1, 0.15) is 47.5 Å². The lowest BCUT2D eigenvalue weighted by atomic mass is 9.78. The van der Waals surface area contributed by atoms with Gasteiger partial charge in [0.1, 0.15) is 16.6 Å². The molecule has 2 N–H and O–H groups in total. The second kappa shape index (κ2) is 11.1. The molecule has 0 aliphatic heterocycles. The summed E-state index contributed by atoms with van der Waals surface area (Å²) in [5, 5.41) is 9.95. The summed E-state index contributed by atoms with van der Waals surface area (Å²) in [5.74, 6) is -3.08. The van der Waals surface area contributed by atoms with Crippen LogP contribution in [0.4, 0.5) is 23.2 Å². The molecule has 1 fully saturated rings. The van der Waals surface area contributed by atoms with Gasteiger partial charge in [0.2, 0.25) is 0 Å². The van der Waals surface area contributed by atoms with Crippen molar-refractivity contribution in [1.82, 2.24) is 4.98 Å². The van der Waals surface area contributed by atoms with Crippen LogP contribution in [0.2, 0.25) is 0 Å². The molecule has 0 radical (unpaired) electrons. The zero-order valence-corrected chi connectivity index (χ0v) is 22.4. The van der Waals surface area contributed by atoms with E-state index in [9.17, 15) is 22.4 Å². The number of carbonyl (C=O) groups is 1. The fraction of sp³-hybridized carbons (Fsp3) is 0.286. The number of nitrogens with one attached hydrogen (secondary N) is 1. The van der Waals surface area contributed by atoms with Crippen LogP contribution in [-0.4, -0.2) is 29.3 Å². The maximum absolute atomic E-state index is 14.2. The maximum Gasteiger partial charge on any atom is 0.391 e. The van der Waals surface area contributed by atoms with Crippen molar-refractivity contribution in [2.24, 2.45) is 5.92 Å². The Labute approximate surface area is 230 Å². The number of hydrogen-bond donors (Lipinski definition) is 2. The summed E-state index contributed by atoms with van der Waals surface area (Å²) in [7, 11) is 1.38. The predicted molar refractivity (Wildman–Crippen MR) is 145 cm³/mol. The first kappa shape index (κ1) is 27.3. The van der Waals surface area contributed by atoms with Gasteiger partial charge in [-0.3, -0.25) is 0 Å². The molecule has 4 aromatic rings. The zero-order chi connectivity index (χ0) is 27.7. The molecule has 1 aliphatic carbocycles. The maximum atomic E-state index is 14.2. The van der Waals surface area contributed by atoms with Gasteiger partial charge in [0.05, 0.1) is 34.5 Å². The highest BCUT2D eigenvalue weighted by Crippen LogP contribution is 2.43. The Morgan fingerprint density at radius 2 is 1.79 bits per heavy atom. The number of carboxylic acid groups (broad SMARTS) is 1. The van der Waals surface area contributed by atoms with E-state index in [0.717, 1.165) is 43.4 Å². The van der Waals surface area contributed by atoms with Crippen LogP contribution in [0, 0.1) is 11.7 Å². The number of thiazole rings is 1. The van der Waals surface area contributed by atoms with Crippen LogP contribution in [0.25, 0.3) is 20.8 Å². The third-order valence-electron chi connectivity index (χ3n) is 6.98. The van der Waals surface area contributed by atoms with E-state index >= 15 is 0 Å². The number of ether oxygens (including phenoxy) is 1. The van der Waals surface area contributed by atoms with Crippen molar-refractivity contribution in [2.45, 2.75) is 42.7 Å². The SMILES string of the molecule is COc1cc(C(=O)O)c(F)cc1NSc1ccc2sc(-c3ccc(C4CCC(C(F)(F)F)CC4)cc3)nc2c1. The number of alkyl halides is 3. The number of hydrogen-bond acceptors (Lipinski definition) is 6. The van der Waals surface area contributed by atoms with Crippen molar-refractivity contribution in [3.05, 3.63) is 71.5 Å². The Balaban J connectivity index is 1.27. The molecule has 0 bridgehead atoms. The van der Waals surface area contributed by atoms with E-state index in [1.165, 1.54) is 30.4 Å². The molecule has 1 aromatic heterocycles. The highest BCUT2D eigenvalue weighted by Gasteiger charge is 2.41. The smallest absolute Gasteiger partial charge is 0.391 e. The zero-order valence-electron chi connectivity index (χ0n) is 20.7. The van der Waals surface area contributed by atoms with Crippen molar-refractivity contribution in [1.29, 1.82) is 0 Å². The molecular weight excluding hydrogens is 552 g/mol. The molecule has 5 rings (SSSR count). The second-order valence-corrected chi connectivity index (χ2v) is 11.3. The molecule has 0 saturated heterocycles. The molecule has 0 amide bonds. The van der Waals surface area contributed by atoms with Crippen LogP contribution < -0.4 is 9.46 Å². The molecule has 3 aromatic carbocycles. The first-order chi connectivity index (χ1) is 18.6. The monoisotopic (exact) mass is 576 g/mol. The van der Waals surface area contributed by atoms with Crippen molar-refractivity contribution >= 4 is 45.2 Å². The number of aromatic carboxylic acids is 1. The number of benzene rings is 3. The minimum Gasteiger partial charge on any atom is -0.495 e. The highest BCUT2D eigenvalue weighted by molar-refractivity contribution is 8.00. The molecule has 0 unspecified atom stereocenters. The quantitative estimate of drug-likeness (QED) is 0.169. The second-order valence-electron chi connectivity index (χ2n) is 9.40. The number of methoxy groups -OCH3 is 1. The summed E-state index contributed by atoms with van der Waals surface area (Å²) in [5.41, 5.74) is 2.62. The van der Waals surface area contributed by atoms with Gasteiger partial charge < -0.3 is 14.6 Å². The van der Waals surface area contributed by atoms with E-state index in [0.29, 0.717) is 18.5 Å². The normalized spacial score (nSPS) is 17.8. The van der Waals surface area contributed by atoms with Gasteiger partial charge in [-0.1, -0.05) is 24.3 Å². The third kappa shape index (κ3) is 5.99. The number of fused-ring (bicyclic) bond motifs is 1. The number of halogens is 4. The van der Waals surface area contributed by atoms with Gasteiger partial charge >= 0.3 is 12.1 Å². The van der Waals surface area contributed by atoms with Gasteiger partial charge in [0.25, 0.3) is 0 Å². The summed E-state index contributed by atoms with van der Waals surface area (Å²) in [4.78, 5) is 16.8. The predicted octanol–water partition coefficient (Wildman–Crippen LogP) is 8.76. The van der Waals surface area contributed by atoms with Crippen molar-refractivity contribution < 1.29 is 32.2 Å². The van der Waals surface area contributed by atoms with E-state index < -0.39 is 29.4 Å². The summed E-state index contributed by atoms with van der Waals surface area (Å²) < 4.78 is 62.3. The van der Waals surface area contributed by atoms with Crippen molar-refractivity contribution in [3.8, 4) is 16.3 Å². The Morgan fingerprint density at radius 1 is 1.08 bits per heavy atom. The summed E-state index contributed by atoms with van der Waals surface area (Å²) >= 11 is 2.75. The van der Waals surface area contributed by atoms with Crippen molar-refractivity contribution in [2.75, 3.05) is 11.8 Å². The standard InChI is InChI=1S/C28H24F4N2O3S2/c1-37-24-13-20(27(35)36)21(29)14-22(24)34-39-19-10-11-25-23(12-19)33-26(38-25)17-4-2-15(3-5-17)16-6-8-18(9-7-16)28(30,31)32/h2-5,10-14,16,18,34H,6-9H2,1H3,(H,35,36). The summed E-state index contributed by atoms with van der Waals surface area (Å²) in [6, 6.07) is 15.9. The average Bonchev–Trinajstić information content (AvgIpc) is 3.35. The average molecular weight is 577 g/mol. The van der Waals surface area contributed by atoms with Crippen LogP contribution in [-0.2, 0) is 0 Å². The Morgan fingerprint density at radius 3 is 2.44 bits per heavy atom. The van der Waals surface area contributed by atoms with Crippen LogP contribution in [0.3, 0.4) is 0 Å². The van der Waals surface area contributed by atoms with E-state index in [-0.39, 0.29) is 24.5 Å². The van der Waals surface area contributed by atoms with Crippen LogP contribution in [0.15, 0.2) is 59.5 Å². The van der Waals surface area contributed by atoms with Gasteiger partial charge in [-0.2, -0.15) is 13.2 Å². The Bertz CT molecular complexity index is 1500. The number of carboxylic acids is 1. The van der Waals surface area contributed by atoms with E-state index in [1.54, 1.807) is 0 Å². The van der Waals surface area contributed by atoms with Crippen molar-refractivity contribution in [3.63, 3.8) is 0 Å². The topological polar surface area (TPSA) is 71.5 Å². The first-order valence-corrected chi connectivity index (χ1v) is 13.9. The van der Waals surface area contributed by atoms with Gasteiger partial charge in [-0.05, 0) is 73.4 Å². The van der Waals surface area contributed by atoms with E-state index in [2.05, 4.69) is 4.72 Å². The van der Waals surface area contributed by atoms with Gasteiger partial charge in [-0.15, -0.1) is 11.3 Å². The lowest BCUT2D eigenvalue weighted by molar-refractivity contribution is -0.182. The number of aromatic nitrogens is 1. The Kier molecular flexibility index (Phi) is 7.73. The minimum absolute atomic E-state index is 0.146. The van der Waals surface area contributed by atoms with E-state index in [4.69, 9.17) is 14.8 Å². The first-order valence-electron chi connectivity index (χ1n) is 12.2. The molecule has 0 atom stereocenters. The summed E-state index contributed by atoms with van der Waals surface area (Å²) in [6.45, 7) is 0. The molecule has 1 saturated carbocycles. The third-order valence-corrected chi connectivity index (χ3v) is 8.87. The molecule has 204 valence electrons. The molecular formula is C28H24F4N2O3S2. The number of rotatable bonds is 7. The number of nitrogens with zero attached hydrogens (tertiary/aromatic N) is 1.